The number of Topliss-reactive ketones (excluding diaryl/α,β-unsaturated/α-hetero) is 1. The number of ketones is 1. The van der Waals surface area contributed by atoms with Crippen LogP contribution in [0.1, 0.15) is 170 Å². The normalized spacial score (nSPS) is 27.1. The zero-order valence-corrected chi connectivity index (χ0v) is 56.5. The summed E-state index contributed by atoms with van der Waals surface area (Å²) in [6.07, 6.45) is 2.05. The van der Waals surface area contributed by atoms with E-state index in [1.807, 2.05) is 48.5 Å². The van der Waals surface area contributed by atoms with Gasteiger partial charge in [0.1, 0.15) is 60.4 Å². The Bertz CT molecular complexity index is 2380. The summed E-state index contributed by atoms with van der Waals surface area (Å²) in [7, 11) is 8.30. The number of nitrogens with one attached hydrogen (secondary N) is 5. The fourth-order valence-corrected chi connectivity index (χ4v) is 10.9. The number of hydrogen-bond donors (Lipinski definition) is 6. The van der Waals surface area contributed by atoms with Crippen LogP contribution in [0.25, 0.3) is 0 Å². The van der Waals surface area contributed by atoms with Crippen LogP contribution in [0.3, 0.4) is 0 Å². The molecular formula is C62H111N11O13. The molecule has 24 heteroatoms. The summed E-state index contributed by atoms with van der Waals surface area (Å²) in [5.41, 5.74) is -1.37. The van der Waals surface area contributed by atoms with Crippen LogP contribution in [0.5, 0.6) is 0 Å². The summed E-state index contributed by atoms with van der Waals surface area (Å²) in [6.45, 7) is 29.7. The van der Waals surface area contributed by atoms with Crippen molar-refractivity contribution in [1.29, 1.82) is 0 Å². The SMILES string of the molecule is CCCC[C@@H](C)C(=O)[C@@H]1NC(=O)[C@H](C(C)C)N(C)C(=O)[C@H](CC(C)C)N(C)C(=O)[C@H](CC(C)C)N(C)C(=O)[C@@H](C)NC(=O)[C@H](C)NC(=O)[C@H](CC(C)C)N(C)C(=O)[C@H](C(C)C)NC(=O)[C@H](C(C)(C)CO)N(C)C(=O)[C@@H](C)N(C)C(=O)[C@H](CC)NC1=O. The Kier molecular flexibility index (Phi) is 31.1. The van der Waals surface area contributed by atoms with Crippen LogP contribution >= 0.6 is 0 Å². The van der Waals surface area contributed by atoms with Crippen LogP contribution in [0, 0.1) is 40.9 Å². The van der Waals surface area contributed by atoms with E-state index in [0.29, 0.717) is 12.8 Å². The minimum absolute atomic E-state index is 0.0440. The number of carbonyl (C=O) groups is 12. The number of amides is 11. The van der Waals surface area contributed by atoms with Crippen LogP contribution < -0.4 is 26.6 Å². The van der Waals surface area contributed by atoms with E-state index in [1.54, 1.807) is 55.4 Å². The molecule has 11 amide bonds. The van der Waals surface area contributed by atoms with E-state index in [4.69, 9.17) is 0 Å². The maximum Gasteiger partial charge on any atom is 0.251 e. The second-order valence-corrected chi connectivity index (χ2v) is 26.6. The molecule has 1 aliphatic heterocycles. The molecule has 86 heavy (non-hydrogen) atoms. The van der Waals surface area contributed by atoms with E-state index in [2.05, 4.69) is 26.6 Å². The van der Waals surface area contributed by atoms with Gasteiger partial charge >= 0.3 is 0 Å². The van der Waals surface area contributed by atoms with Gasteiger partial charge in [0, 0.05) is 53.6 Å². The highest BCUT2D eigenvalue weighted by Crippen LogP contribution is 2.28. The molecule has 492 valence electrons. The first kappa shape index (κ1) is 77.8. The summed E-state index contributed by atoms with van der Waals surface area (Å²) in [5, 5.41) is 24.1. The summed E-state index contributed by atoms with van der Waals surface area (Å²) in [4.78, 5) is 182. The Balaban J connectivity index is 4.36. The molecule has 1 saturated heterocycles. The van der Waals surface area contributed by atoms with E-state index in [0.717, 1.165) is 16.2 Å². The minimum atomic E-state index is -1.86. The fourth-order valence-electron chi connectivity index (χ4n) is 10.9. The van der Waals surface area contributed by atoms with Crippen molar-refractivity contribution >= 4 is 70.8 Å². The Hall–Kier alpha value is -6.20. The van der Waals surface area contributed by atoms with Crippen LogP contribution in [0.4, 0.5) is 0 Å². The van der Waals surface area contributed by atoms with Crippen LogP contribution in [0.2, 0.25) is 0 Å². The molecule has 0 unspecified atom stereocenters. The molecule has 1 heterocycles. The number of aliphatic hydroxyl groups is 1. The smallest absolute Gasteiger partial charge is 0.251 e. The molecule has 1 aliphatic rings. The molecule has 0 bridgehead atoms. The van der Waals surface area contributed by atoms with Crippen molar-refractivity contribution in [3.63, 3.8) is 0 Å². The summed E-state index contributed by atoms with van der Waals surface area (Å²) in [6, 6.07) is -14.6. The van der Waals surface area contributed by atoms with Crippen LogP contribution in [-0.4, -0.2) is 221 Å². The lowest BCUT2D eigenvalue weighted by atomic mass is 9.83. The molecule has 0 aromatic rings. The number of hydrogen-bond acceptors (Lipinski definition) is 13. The predicted molar refractivity (Wildman–Crippen MR) is 329 cm³/mol. The van der Waals surface area contributed by atoms with Gasteiger partial charge in [0.15, 0.2) is 11.8 Å². The molecule has 0 aliphatic carbocycles. The molecule has 1 fully saturated rings. The van der Waals surface area contributed by atoms with Gasteiger partial charge in [-0.1, -0.05) is 117 Å². The Morgan fingerprint density at radius 1 is 0.488 bits per heavy atom. The van der Waals surface area contributed by atoms with Crippen molar-refractivity contribution in [2.24, 2.45) is 40.9 Å². The summed E-state index contributed by atoms with van der Waals surface area (Å²) < 4.78 is 0. The van der Waals surface area contributed by atoms with Crippen molar-refractivity contribution in [2.75, 3.05) is 48.9 Å². The van der Waals surface area contributed by atoms with E-state index in [1.165, 1.54) is 82.7 Å². The Morgan fingerprint density at radius 3 is 1.41 bits per heavy atom. The number of unbranched alkanes of at least 4 members (excludes halogenated alkanes) is 1. The van der Waals surface area contributed by atoms with Gasteiger partial charge in [-0.25, -0.2) is 0 Å². The molecular weight excluding hydrogens is 1110 g/mol. The standard InChI is InChI=1S/C62H111N11O13/c1-25-27-28-38(13)49(75)47-53(78)65-42(26-2)58(83)68(19)41(16)57(82)73(24)50(62(17,18)32-74)55(80)66-46(36(9)10)61(86)69(20)43(29-33(3)4)52(77)63-39(14)51(76)64-40(15)56(81)70(21)44(30-34(5)6)59(84)71(22)45(31-35(7)8)60(85)72(23)48(37(11)12)54(79)67-47/h33-48,50,74H,25-32H2,1-24H3,(H,63,77)(H,64,76)(H,65,78)(H,66,80)(H,67,79)/t38-,39+,40-,41-,42+,43+,44+,45+,46+,47+,48+,50-/m1/s1. The molecule has 0 saturated carbocycles. The zero-order chi connectivity index (χ0) is 66.9. The number of likely N-dealkylation sites (N-methyl/N-ethyl adjacent to an activating group) is 6. The quantitative estimate of drug-likeness (QED) is 0.121. The van der Waals surface area contributed by atoms with Gasteiger partial charge in [-0.2, -0.15) is 0 Å². The van der Waals surface area contributed by atoms with Gasteiger partial charge < -0.3 is 61.1 Å². The van der Waals surface area contributed by atoms with Crippen LogP contribution in [0.15, 0.2) is 0 Å². The lowest BCUT2D eigenvalue weighted by Crippen LogP contribution is -2.64. The first-order valence-electron chi connectivity index (χ1n) is 30.9. The van der Waals surface area contributed by atoms with E-state index >= 15 is 4.79 Å². The molecule has 0 spiro atoms. The highest BCUT2D eigenvalue weighted by Gasteiger charge is 2.46. The maximum absolute atomic E-state index is 15.0. The topological polar surface area (TPSA) is 305 Å². The highest BCUT2D eigenvalue weighted by molar-refractivity contribution is 6.10. The van der Waals surface area contributed by atoms with Gasteiger partial charge in [-0.05, 0) is 82.5 Å². The van der Waals surface area contributed by atoms with E-state index in [-0.39, 0.29) is 43.4 Å². The van der Waals surface area contributed by atoms with Gasteiger partial charge in [0.2, 0.25) is 59.1 Å². The van der Waals surface area contributed by atoms with Crippen molar-refractivity contribution in [2.45, 2.75) is 236 Å². The largest absolute Gasteiger partial charge is 0.396 e. The highest BCUT2D eigenvalue weighted by atomic mass is 16.3. The average molecular weight is 1220 g/mol. The molecule has 0 aromatic heterocycles. The van der Waals surface area contributed by atoms with E-state index in [9.17, 15) is 57.8 Å². The van der Waals surface area contributed by atoms with Crippen molar-refractivity contribution < 1.29 is 62.6 Å². The third kappa shape index (κ3) is 20.7. The maximum atomic E-state index is 15.0. The molecule has 0 aromatic carbocycles. The fraction of sp³-hybridized carbons (Fsp3) is 0.806. The molecule has 6 N–H and O–H groups in total. The van der Waals surface area contributed by atoms with Gasteiger partial charge in [0.05, 0.1) is 6.61 Å². The second kappa shape index (κ2) is 34.4. The lowest BCUT2D eigenvalue weighted by molar-refractivity contribution is -0.154. The molecule has 12 atom stereocenters. The Morgan fingerprint density at radius 2 is 0.953 bits per heavy atom. The number of aliphatic hydroxyl groups excluding tert-OH is 1. The summed E-state index contributed by atoms with van der Waals surface area (Å²) >= 11 is 0. The van der Waals surface area contributed by atoms with E-state index < -0.39 is 167 Å². The van der Waals surface area contributed by atoms with Gasteiger partial charge in [-0.3, -0.25) is 57.5 Å². The molecule has 0 radical (unpaired) electrons. The first-order valence-corrected chi connectivity index (χ1v) is 30.9. The number of nitrogens with zero attached hydrogens (tertiary/aromatic N) is 6. The third-order valence-corrected chi connectivity index (χ3v) is 16.5. The number of rotatable bonds is 16. The first-order chi connectivity index (χ1) is 39.6. The third-order valence-electron chi connectivity index (χ3n) is 16.5. The van der Waals surface area contributed by atoms with Gasteiger partial charge in [-0.15, -0.1) is 0 Å². The van der Waals surface area contributed by atoms with Gasteiger partial charge in [0.25, 0.3) is 5.91 Å². The minimum Gasteiger partial charge on any atom is -0.396 e. The van der Waals surface area contributed by atoms with Crippen molar-refractivity contribution in [3.05, 3.63) is 0 Å². The lowest BCUT2D eigenvalue weighted by Gasteiger charge is -2.41. The van der Waals surface area contributed by atoms with Crippen molar-refractivity contribution in [1.82, 2.24) is 56.0 Å². The molecule has 1 rings (SSSR count). The predicted octanol–water partition coefficient (Wildman–Crippen LogP) is 2.72. The van der Waals surface area contributed by atoms with Crippen LogP contribution in [-0.2, 0) is 57.5 Å². The summed E-state index contributed by atoms with van der Waals surface area (Å²) in [5.74, 6) is -11.5. The average Bonchev–Trinajstić information content (AvgIpc) is 2.28. The number of carbonyl (C=O) groups excluding carboxylic acids is 12. The Labute approximate surface area is 513 Å². The molecule has 24 nitrogen and oxygen atoms in total. The van der Waals surface area contributed by atoms with Crippen molar-refractivity contribution in [3.8, 4) is 0 Å². The zero-order valence-electron chi connectivity index (χ0n) is 56.5. The monoisotopic (exact) mass is 1220 g/mol. The second-order valence-electron chi connectivity index (χ2n) is 26.6.